The van der Waals surface area contributed by atoms with Crippen molar-refractivity contribution in [1.82, 2.24) is 9.47 Å². The van der Waals surface area contributed by atoms with Crippen molar-refractivity contribution in [1.29, 1.82) is 0 Å². The fraction of sp³-hybridized carbons (Fsp3) is 0.278. The van der Waals surface area contributed by atoms with Crippen LogP contribution in [0, 0.1) is 6.92 Å². The Hall–Kier alpha value is -4.23. The first kappa shape index (κ1) is 28.9. The second kappa shape index (κ2) is 12.2. The van der Waals surface area contributed by atoms with Crippen LogP contribution in [-0.2, 0) is 12.7 Å². The van der Waals surface area contributed by atoms with Gasteiger partial charge in [-0.15, -0.1) is 0 Å². The summed E-state index contributed by atoms with van der Waals surface area (Å²) in [7, 11) is 0. The van der Waals surface area contributed by atoms with Crippen LogP contribution < -0.4 is 4.74 Å². The van der Waals surface area contributed by atoms with Crippen LogP contribution in [0.4, 0.5) is 13.2 Å². The molecule has 0 spiro atoms. The van der Waals surface area contributed by atoms with E-state index in [9.17, 15) is 18.3 Å². The number of ether oxygens (including phenoxy) is 1. The van der Waals surface area contributed by atoms with E-state index < -0.39 is 11.7 Å². The van der Waals surface area contributed by atoms with Gasteiger partial charge in [0.1, 0.15) is 18.1 Å². The Morgan fingerprint density at radius 2 is 1.42 bits per heavy atom. The van der Waals surface area contributed by atoms with Gasteiger partial charge in [0.2, 0.25) is 0 Å². The molecule has 222 valence electrons. The maximum absolute atomic E-state index is 13.3. The number of nitrogens with zero attached hydrogens (tertiary/aromatic N) is 2. The highest BCUT2D eigenvalue weighted by Crippen LogP contribution is 2.38. The van der Waals surface area contributed by atoms with Gasteiger partial charge in [0.05, 0.1) is 11.3 Å². The molecule has 0 bridgehead atoms. The van der Waals surface area contributed by atoms with Crippen molar-refractivity contribution < 1.29 is 23.0 Å². The maximum Gasteiger partial charge on any atom is 0.416 e. The number of fused-ring (bicyclic) bond motifs is 1. The summed E-state index contributed by atoms with van der Waals surface area (Å²) in [5.74, 6) is 1.03. The topological polar surface area (TPSA) is 37.6 Å². The molecule has 0 amide bonds. The van der Waals surface area contributed by atoms with Gasteiger partial charge in [-0.1, -0.05) is 48.9 Å². The lowest BCUT2D eigenvalue weighted by Crippen LogP contribution is -2.33. The molecule has 0 unspecified atom stereocenters. The monoisotopic (exact) mass is 584 g/mol. The fourth-order valence-corrected chi connectivity index (χ4v) is 6.06. The van der Waals surface area contributed by atoms with Crippen LogP contribution in [0.2, 0.25) is 0 Å². The zero-order valence-corrected chi connectivity index (χ0v) is 24.2. The summed E-state index contributed by atoms with van der Waals surface area (Å²) in [4.78, 5) is 2.45. The number of phenolic OH excluding ortho intramolecular Hbond substituents is 1. The molecule has 43 heavy (non-hydrogen) atoms. The van der Waals surface area contributed by atoms with Crippen LogP contribution in [0.15, 0.2) is 91.0 Å². The van der Waals surface area contributed by atoms with E-state index >= 15 is 0 Å². The van der Waals surface area contributed by atoms with Crippen molar-refractivity contribution >= 4 is 10.9 Å². The smallest absolute Gasteiger partial charge is 0.416 e. The zero-order valence-electron chi connectivity index (χ0n) is 24.2. The molecule has 4 aromatic carbocycles. The highest BCUT2D eigenvalue weighted by Gasteiger charge is 2.30. The largest absolute Gasteiger partial charge is 0.508 e. The Morgan fingerprint density at radius 1 is 0.767 bits per heavy atom. The molecule has 1 fully saturated rings. The minimum absolute atomic E-state index is 0.204. The summed E-state index contributed by atoms with van der Waals surface area (Å²) in [6, 6.07) is 26.8. The summed E-state index contributed by atoms with van der Waals surface area (Å²) in [5.41, 5.74) is 5.97. The average molecular weight is 585 g/mol. The minimum atomic E-state index is -4.39. The molecule has 0 saturated carbocycles. The van der Waals surface area contributed by atoms with Gasteiger partial charge >= 0.3 is 6.18 Å². The quantitative estimate of drug-likeness (QED) is 0.198. The lowest BCUT2D eigenvalue weighted by Gasteiger charge is -2.26. The molecule has 1 saturated heterocycles. The third-order valence-corrected chi connectivity index (χ3v) is 8.39. The first-order valence-corrected chi connectivity index (χ1v) is 14.8. The Labute approximate surface area is 250 Å². The van der Waals surface area contributed by atoms with Gasteiger partial charge in [-0.3, -0.25) is 4.90 Å². The van der Waals surface area contributed by atoms with Crippen LogP contribution >= 0.6 is 0 Å². The van der Waals surface area contributed by atoms with Crippen molar-refractivity contribution in [2.45, 2.75) is 38.9 Å². The molecule has 6 rings (SSSR count). The van der Waals surface area contributed by atoms with Gasteiger partial charge in [-0.25, -0.2) is 0 Å². The lowest BCUT2D eigenvalue weighted by atomic mass is 10.0. The van der Waals surface area contributed by atoms with E-state index in [0.29, 0.717) is 13.2 Å². The number of halogens is 3. The molecular formula is C36H35F3N2O2. The number of alkyl halides is 3. The number of aryl methyl sites for hydroxylation is 1. The van der Waals surface area contributed by atoms with E-state index in [0.717, 1.165) is 81.9 Å². The number of hydrogen-bond acceptors (Lipinski definition) is 3. The number of rotatable bonds is 8. The molecule has 2 heterocycles. The summed E-state index contributed by atoms with van der Waals surface area (Å²) in [6.07, 6.45) is -0.560. The number of likely N-dealkylation sites (tertiary alicyclic amines) is 1. The summed E-state index contributed by atoms with van der Waals surface area (Å²) >= 11 is 0. The summed E-state index contributed by atoms with van der Waals surface area (Å²) < 4.78 is 48.2. The van der Waals surface area contributed by atoms with E-state index in [1.165, 1.54) is 19.3 Å². The Bertz CT molecular complexity index is 1680. The Kier molecular flexibility index (Phi) is 8.17. The molecule has 5 aromatic rings. The molecule has 0 radical (unpaired) electrons. The SMILES string of the molecule is Cc1c(-c2ccc(C(F)(F)F)cc2)n(Cc2ccc(OCCN3CCCCC3)cc2)c2ccc(-c3ccc(O)cc3)cc12. The number of hydrogen-bond donors (Lipinski definition) is 1. The van der Waals surface area contributed by atoms with Gasteiger partial charge in [0, 0.05) is 24.0 Å². The van der Waals surface area contributed by atoms with Gasteiger partial charge in [0.25, 0.3) is 0 Å². The van der Waals surface area contributed by atoms with Crippen molar-refractivity contribution in [3.8, 4) is 33.9 Å². The molecule has 4 nitrogen and oxygen atoms in total. The molecule has 1 aliphatic rings. The minimum Gasteiger partial charge on any atom is -0.508 e. The lowest BCUT2D eigenvalue weighted by molar-refractivity contribution is -0.137. The van der Waals surface area contributed by atoms with Gasteiger partial charge in [-0.05, 0) is 109 Å². The first-order chi connectivity index (χ1) is 20.8. The van der Waals surface area contributed by atoms with Crippen LogP contribution in [0.5, 0.6) is 11.5 Å². The van der Waals surface area contributed by atoms with Crippen LogP contribution in [-0.4, -0.2) is 40.8 Å². The normalized spacial score (nSPS) is 14.3. The number of piperidine rings is 1. The van der Waals surface area contributed by atoms with Crippen LogP contribution in [0.1, 0.15) is 36.0 Å². The predicted molar refractivity (Wildman–Crippen MR) is 166 cm³/mol. The second-order valence-corrected chi connectivity index (χ2v) is 11.3. The second-order valence-electron chi connectivity index (χ2n) is 11.3. The fourth-order valence-electron chi connectivity index (χ4n) is 6.06. The highest BCUT2D eigenvalue weighted by atomic mass is 19.4. The first-order valence-electron chi connectivity index (χ1n) is 14.8. The molecule has 7 heteroatoms. The number of benzene rings is 4. The third kappa shape index (κ3) is 6.42. The molecule has 1 aromatic heterocycles. The Balaban J connectivity index is 1.31. The van der Waals surface area contributed by atoms with Crippen molar-refractivity contribution in [2.75, 3.05) is 26.2 Å². The summed E-state index contributed by atoms with van der Waals surface area (Å²) in [5, 5.41) is 10.8. The van der Waals surface area contributed by atoms with E-state index in [1.807, 2.05) is 37.3 Å². The van der Waals surface area contributed by atoms with Gasteiger partial charge < -0.3 is 14.4 Å². The highest BCUT2D eigenvalue weighted by molar-refractivity contribution is 5.94. The molecule has 0 atom stereocenters. The van der Waals surface area contributed by atoms with E-state index in [-0.39, 0.29) is 5.75 Å². The summed E-state index contributed by atoms with van der Waals surface area (Å²) in [6.45, 7) is 6.44. The molecule has 1 N–H and O–H groups in total. The van der Waals surface area contributed by atoms with Crippen molar-refractivity contribution in [3.05, 3.63) is 108 Å². The van der Waals surface area contributed by atoms with E-state index in [4.69, 9.17) is 4.74 Å². The zero-order chi connectivity index (χ0) is 30.0. The van der Waals surface area contributed by atoms with Crippen molar-refractivity contribution in [3.63, 3.8) is 0 Å². The average Bonchev–Trinajstić information content (AvgIpc) is 3.28. The van der Waals surface area contributed by atoms with E-state index in [2.05, 4.69) is 33.7 Å². The third-order valence-electron chi connectivity index (χ3n) is 8.39. The standard InChI is InChI=1S/C36H35F3N2O2/c1-25-33-23-29(27-9-14-31(42)15-10-27)11-18-34(33)41(35(25)28-7-12-30(13-8-28)36(37,38)39)24-26-5-16-32(17-6-26)43-22-21-40-19-3-2-4-20-40/h5-18,23,42H,2-4,19-22,24H2,1H3. The Morgan fingerprint density at radius 3 is 2.09 bits per heavy atom. The molecular weight excluding hydrogens is 549 g/mol. The number of aromatic hydroxyl groups is 1. The number of aromatic nitrogens is 1. The van der Waals surface area contributed by atoms with Gasteiger partial charge in [-0.2, -0.15) is 13.2 Å². The molecule has 1 aliphatic heterocycles. The van der Waals surface area contributed by atoms with Gasteiger partial charge in [0.15, 0.2) is 0 Å². The van der Waals surface area contributed by atoms with Crippen LogP contribution in [0.25, 0.3) is 33.3 Å². The van der Waals surface area contributed by atoms with Crippen LogP contribution in [0.3, 0.4) is 0 Å². The van der Waals surface area contributed by atoms with E-state index in [1.54, 1.807) is 24.3 Å². The van der Waals surface area contributed by atoms with Crippen molar-refractivity contribution in [2.24, 2.45) is 0 Å². The molecule has 0 aliphatic carbocycles. The number of phenols is 1. The maximum atomic E-state index is 13.3. The predicted octanol–water partition coefficient (Wildman–Crippen LogP) is 8.92.